The highest BCUT2D eigenvalue weighted by Gasteiger charge is 2.31. The zero-order chi connectivity index (χ0) is 16.1. The summed E-state index contributed by atoms with van der Waals surface area (Å²) in [4.78, 5) is 12.2. The normalized spacial score (nSPS) is 15.0. The van der Waals surface area contributed by atoms with Crippen LogP contribution in [-0.2, 0) is 6.61 Å². The van der Waals surface area contributed by atoms with Gasteiger partial charge in [0.1, 0.15) is 12.4 Å². The second kappa shape index (κ2) is 7.29. The van der Waals surface area contributed by atoms with Crippen LogP contribution in [0.2, 0.25) is 0 Å². The molecule has 0 heterocycles. The van der Waals surface area contributed by atoms with Crippen LogP contribution in [0.5, 0.6) is 5.75 Å². The molecule has 3 N–H and O–H groups in total. The zero-order valence-corrected chi connectivity index (χ0v) is 13.1. The smallest absolute Gasteiger partial charge is 0.251 e. The number of rotatable bonds is 7. The molecular weight excluding hydrogens is 288 g/mol. The largest absolute Gasteiger partial charge is 0.489 e. The van der Waals surface area contributed by atoms with Crippen molar-refractivity contribution in [2.24, 2.45) is 11.7 Å². The van der Waals surface area contributed by atoms with Gasteiger partial charge in [-0.15, -0.1) is 0 Å². The lowest BCUT2D eigenvalue weighted by Gasteiger charge is -2.16. The van der Waals surface area contributed by atoms with Crippen LogP contribution in [0.3, 0.4) is 0 Å². The molecular formula is C19H22N2O2. The molecule has 0 saturated heterocycles. The van der Waals surface area contributed by atoms with Crippen LogP contribution in [0, 0.1) is 5.92 Å². The van der Waals surface area contributed by atoms with Gasteiger partial charge in [-0.3, -0.25) is 4.79 Å². The molecule has 3 rings (SSSR count). The van der Waals surface area contributed by atoms with Gasteiger partial charge in [0.05, 0.1) is 0 Å². The molecule has 0 bridgehead atoms. The van der Waals surface area contributed by atoms with E-state index in [1.54, 1.807) is 12.1 Å². The number of benzene rings is 2. The van der Waals surface area contributed by atoms with Gasteiger partial charge < -0.3 is 15.8 Å². The first kappa shape index (κ1) is 15.6. The summed E-state index contributed by atoms with van der Waals surface area (Å²) in [6.45, 7) is 1.01. The molecule has 1 fully saturated rings. The molecule has 1 saturated carbocycles. The summed E-state index contributed by atoms with van der Waals surface area (Å²) in [6.07, 6.45) is 2.32. The fraction of sp³-hybridized carbons (Fsp3) is 0.316. The van der Waals surface area contributed by atoms with E-state index in [0.29, 0.717) is 24.6 Å². The SMILES string of the molecule is NCC(NC(=O)c1ccc(OCc2ccccc2)cc1)C1CC1. The average Bonchev–Trinajstić information content (AvgIpc) is 3.44. The molecule has 23 heavy (non-hydrogen) atoms. The van der Waals surface area contributed by atoms with Gasteiger partial charge in [-0.05, 0) is 48.6 Å². The molecule has 0 radical (unpaired) electrons. The van der Waals surface area contributed by atoms with Gasteiger partial charge >= 0.3 is 0 Å². The zero-order valence-electron chi connectivity index (χ0n) is 13.1. The Bertz CT molecular complexity index is 636. The molecule has 120 valence electrons. The van der Waals surface area contributed by atoms with Crippen molar-refractivity contribution in [3.05, 3.63) is 65.7 Å². The van der Waals surface area contributed by atoms with Crippen molar-refractivity contribution in [3.63, 3.8) is 0 Å². The van der Waals surface area contributed by atoms with E-state index in [9.17, 15) is 4.79 Å². The molecule has 2 aromatic carbocycles. The summed E-state index contributed by atoms with van der Waals surface area (Å²) in [6, 6.07) is 17.3. The van der Waals surface area contributed by atoms with Crippen molar-refractivity contribution < 1.29 is 9.53 Å². The number of carbonyl (C=O) groups excluding carboxylic acids is 1. The topological polar surface area (TPSA) is 64.3 Å². The highest BCUT2D eigenvalue weighted by atomic mass is 16.5. The van der Waals surface area contributed by atoms with Crippen molar-refractivity contribution in [3.8, 4) is 5.75 Å². The number of nitrogens with two attached hydrogens (primary N) is 1. The number of ether oxygens (including phenoxy) is 1. The van der Waals surface area contributed by atoms with E-state index in [-0.39, 0.29) is 11.9 Å². The third-order valence-electron chi connectivity index (χ3n) is 4.13. The maximum absolute atomic E-state index is 12.2. The first-order chi connectivity index (χ1) is 11.3. The van der Waals surface area contributed by atoms with Gasteiger partial charge in [-0.1, -0.05) is 30.3 Å². The standard InChI is InChI=1S/C19H22N2O2/c20-12-18(15-6-7-15)21-19(22)16-8-10-17(11-9-16)23-13-14-4-2-1-3-5-14/h1-5,8-11,15,18H,6-7,12-13,20H2,(H,21,22). The van der Waals surface area contributed by atoms with Crippen LogP contribution in [0.4, 0.5) is 0 Å². The average molecular weight is 310 g/mol. The Labute approximate surface area is 136 Å². The molecule has 0 aromatic heterocycles. The highest BCUT2D eigenvalue weighted by Crippen LogP contribution is 2.32. The Balaban J connectivity index is 1.54. The van der Waals surface area contributed by atoms with Crippen molar-refractivity contribution in [2.45, 2.75) is 25.5 Å². The molecule has 2 aromatic rings. The van der Waals surface area contributed by atoms with Crippen molar-refractivity contribution in [2.75, 3.05) is 6.54 Å². The summed E-state index contributed by atoms with van der Waals surface area (Å²) < 4.78 is 5.73. The molecule has 1 aliphatic carbocycles. The quantitative estimate of drug-likeness (QED) is 0.826. The maximum Gasteiger partial charge on any atom is 0.251 e. The van der Waals surface area contributed by atoms with Gasteiger partial charge in [-0.25, -0.2) is 0 Å². The minimum absolute atomic E-state index is 0.0676. The summed E-state index contributed by atoms with van der Waals surface area (Å²) in [5.74, 6) is 1.24. The predicted molar refractivity (Wildman–Crippen MR) is 90.2 cm³/mol. The van der Waals surface area contributed by atoms with Crippen molar-refractivity contribution in [1.29, 1.82) is 0 Å². The second-order valence-electron chi connectivity index (χ2n) is 5.95. The third kappa shape index (κ3) is 4.33. The monoisotopic (exact) mass is 310 g/mol. The lowest BCUT2D eigenvalue weighted by atomic mass is 10.1. The Morgan fingerprint density at radius 3 is 2.43 bits per heavy atom. The second-order valence-corrected chi connectivity index (χ2v) is 5.95. The fourth-order valence-corrected chi connectivity index (χ4v) is 2.56. The minimum Gasteiger partial charge on any atom is -0.489 e. The van der Waals surface area contributed by atoms with Gasteiger partial charge in [0, 0.05) is 18.2 Å². The molecule has 0 aliphatic heterocycles. The van der Waals surface area contributed by atoms with Crippen molar-refractivity contribution >= 4 is 5.91 Å². The fourth-order valence-electron chi connectivity index (χ4n) is 2.56. The van der Waals surface area contributed by atoms with Gasteiger partial charge in [0.15, 0.2) is 0 Å². The Morgan fingerprint density at radius 1 is 1.13 bits per heavy atom. The number of carbonyl (C=O) groups is 1. The first-order valence-electron chi connectivity index (χ1n) is 8.04. The van der Waals surface area contributed by atoms with E-state index in [1.807, 2.05) is 42.5 Å². The van der Waals surface area contributed by atoms with E-state index in [4.69, 9.17) is 10.5 Å². The molecule has 1 aliphatic rings. The minimum atomic E-state index is -0.0676. The molecule has 4 nitrogen and oxygen atoms in total. The molecule has 0 spiro atoms. The Kier molecular flexibility index (Phi) is 4.93. The maximum atomic E-state index is 12.2. The third-order valence-corrected chi connectivity index (χ3v) is 4.13. The summed E-state index contributed by atoms with van der Waals surface area (Å²) >= 11 is 0. The van der Waals surface area contributed by atoms with Crippen LogP contribution in [-0.4, -0.2) is 18.5 Å². The highest BCUT2D eigenvalue weighted by molar-refractivity contribution is 5.94. The Morgan fingerprint density at radius 2 is 1.83 bits per heavy atom. The number of amides is 1. The van der Waals surface area contributed by atoms with E-state index >= 15 is 0 Å². The number of hydrogen-bond acceptors (Lipinski definition) is 3. The molecule has 1 atom stereocenters. The molecule has 4 heteroatoms. The van der Waals surface area contributed by atoms with Crippen LogP contribution < -0.4 is 15.8 Å². The van der Waals surface area contributed by atoms with Crippen LogP contribution in [0.15, 0.2) is 54.6 Å². The first-order valence-corrected chi connectivity index (χ1v) is 8.04. The van der Waals surface area contributed by atoms with Crippen LogP contribution in [0.1, 0.15) is 28.8 Å². The summed E-state index contributed by atoms with van der Waals surface area (Å²) in [5, 5.41) is 3.02. The molecule has 1 unspecified atom stereocenters. The van der Waals surface area contributed by atoms with Crippen molar-refractivity contribution in [1.82, 2.24) is 5.32 Å². The van der Waals surface area contributed by atoms with E-state index in [0.717, 1.165) is 24.2 Å². The lowest BCUT2D eigenvalue weighted by molar-refractivity contribution is 0.0933. The molecule has 1 amide bonds. The number of nitrogens with one attached hydrogen (secondary N) is 1. The van der Waals surface area contributed by atoms with Crippen LogP contribution in [0.25, 0.3) is 0 Å². The van der Waals surface area contributed by atoms with Gasteiger partial charge in [0.25, 0.3) is 5.91 Å². The summed E-state index contributed by atoms with van der Waals surface area (Å²) in [7, 11) is 0. The lowest BCUT2D eigenvalue weighted by Crippen LogP contribution is -2.41. The Hall–Kier alpha value is -2.33. The van der Waals surface area contributed by atoms with E-state index < -0.39 is 0 Å². The van der Waals surface area contributed by atoms with E-state index in [2.05, 4.69) is 5.32 Å². The van der Waals surface area contributed by atoms with Gasteiger partial charge in [0.2, 0.25) is 0 Å². The summed E-state index contributed by atoms with van der Waals surface area (Å²) in [5.41, 5.74) is 7.47. The van der Waals surface area contributed by atoms with Gasteiger partial charge in [-0.2, -0.15) is 0 Å². The number of hydrogen-bond donors (Lipinski definition) is 2. The van der Waals surface area contributed by atoms with Crippen LogP contribution >= 0.6 is 0 Å². The van der Waals surface area contributed by atoms with E-state index in [1.165, 1.54) is 0 Å². The predicted octanol–water partition coefficient (Wildman–Crippen LogP) is 2.73.